The Morgan fingerprint density at radius 2 is 1.94 bits per heavy atom. The van der Waals surface area contributed by atoms with Crippen LogP contribution in [0.25, 0.3) is 6.08 Å². The zero-order chi connectivity index (χ0) is 24.9. The van der Waals surface area contributed by atoms with E-state index < -0.39 is 0 Å². The summed E-state index contributed by atoms with van der Waals surface area (Å²) in [6.07, 6.45) is 4.56. The summed E-state index contributed by atoms with van der Waals surface area (Å²) in [6.45, 7) is 0.526. The van der Waals surface area contributed by atoms with Gasteiger partial charge in [-0.15, -0.1) is 11.8 Å². The molecule has 0 spiro atoms. The summed E-state index contributed by atoms with van der Waals surface area (Å²) in [5.41, 5.74) is 1.47. The summed E-state index contributed by atoms with van der Waals surface area (Å²) in [6, 6.07) is 12.2. The third-order valence-electron chi connectivity index (χ3n) is 6.79. The number of fused-ring (bicyclic) bond motifs is 1. The highest BCUT2D eigenvalue weighted by Crippen LogP contribution is 2.43. The number of hydrogen-bond acceptors (Lipinski definition) is 5. The third-order valence-corrected chi connectivity index (χ3v) is 8.18. The lowest BCUT2D eigenvalue weighted by atomic mass is 9.83. The molecule has 3 atom stereocenters. The fraction of sp³-hybridized carbons (Fsp3) is 0.407. The number of rotatable bonds is 7. The Kier molecular flexibility index (Phi) is 8.00. The van der Waals surface area contributed by atoms with Gasteiger partial charge < -0.3 is 19.7 Å². The van der Waals surface area contributed by atoms with Crippen LogP contribution in [0.2, 0.25) is 0 Å². The molecule has 1 N–H and O–H groups in total. The van der Waals surface area contributed by atoms with Gasteiger partial charge >= 0.3 is 0 Å². The van der Waals surface area contributed by atoms with Crippen LogP contribution in [0.5, 0.6) is 11.5 Å². The quantitative estimate of drug-likeness (QED) is 0.577. The highest BCUT2D eigenvalue weighted by atomic mass is 32.2. The first-order valence-corrected chi connectivity index (χ1v) is 12.7. The Balaban J connectivity index is 1.33. The van der Waals surface area contributed by atoms with Gasteiger partial charge in [0.05, 0.1) is 19.1 Å². The molecular weight excluding hydrogens is 467 g/mol. The summed E-state index contributed by atoms with van der Waals surface area (Å²) in [4.78, 5) is 28.2. The topological polar surface area (TPSA) is 67.9 Å². The molecule has 1 saturated heterocycles. The lowest BCUT2D eigenvalue weighted by Gasteiger charge is -2.44. The van der Waals surface area contributed by atoms with Crippen LogP contribution in [0.1, 0.15) is 30.4 Å². The molecule has 35 heavy (non-hydrogen) atoms. The van der Waals surface area contributed by atoms with Gasteiger partial charge in [-0.2, -0.15) is 0 Å². The van der Waals surface area contributed by atoms with Crippen molar-refractivity contribution in [1.82, 2.24) is 10.2 Å². The van der Waals surface area contributed by atoms with Crippen LogP contribution < -0.4 is 14.8 Å². The second-order valence-corrected chi connectivity index (χ2v) is 10.2. The first-order chi connectivity index (χ1) is 16.9. The van der Waals surface area contributed by atoms with E-state index in [0.717, 1.165) is 18.4 Å². The van der Waals surface area contributed by atoms with Crippen molar-refractivity contribution >= 4 is 29.7 Å². The summed E-state index contributed by atoms with van der Waals surface area (Å²) in [7, 11) is 4.98. The van der Waals surface area contributed by atoms with Crippen LogP contribution in [-0.4, -0.2) is 55.8 Å². The third kappa shape index (κ3) is 5.64. The van der Waals surface area contributed by atoms with Gasteiger partial charge in [0.25, 0.3) is 5.91 Å². The molecule has 2 amide bonds. The lowest BCUT2D eigenvalue weighted by Crippen LogP contribution is -2.52. The average molecular weight is 499 g/mol. The molecule has 1 aliphatic carbocycles. The van der Waals surface area contributed by atoms with Crippen molar-refractivity contribution in [2.75, 3.05) is 27.8 Å². The maximum Gasteiger partial charge on any atom is 0.260 e. The summed E-state index contributed by atoms with van der Waals surface area (Å²) < 4.78 is 24.7. The number of carbonyl (C=O) groups is 2. The molecule has 4 rings (SSSR count). The molecule has 2 aromatic carbocycles. The first-order valence-electron chi connectivity index (χ1n) is 11.8. The highest BCUT2D eigenvalue weighted by Gasteiger charge is 2.42. The zero-order valence-corrected chi connectivity index (χ0v) is 21.1. The summed E-state index contributed by atoms with van der Waals surface area (Å²) >= 11 is 1.52. The van der Waals surface area contributed by atoms with Crippen LogP contribution in [0.15, 0.2) is 47.4 Å². The van der Waals surface area contributed by atoms with E-state index in [1.54, 1.807) is 50.4 Å². The predicted octanol–water partition coefficient (Wildman–Crippen LogP) is 4.29. The van der Waals surface area contributed by atoms with Gasteiger partial charge in [-0.3, -0.25) is 9.59 Å². The van der Waals surface area contributed by atoms with Crippen LogP contribution in [-0.2, 0) is 16.0 Å². The number of methoxy groups -OCH3 is 2. The van der Waals surface area contributed by atoms with Crippen molar-refractivity contribution in [3.8, 4) is 11.5 Å². The fourth-order valence-corrected chi connectivity index (χ4v) is 6.25. The van der Waals surface area contributed by atoms with Crippen LogP contribution in [0.3, 0.4) is 0 Å². The van der Waals surface area contributed by atoms with Gasteiger partial charge in [-0.1, -0.05) is 24.3 Å². The SMILES string of the molecule is COc1ccc(CCNC(=O)C2CCC3S/C(=C\c4ccccc4F)C(=O)N(C)C3C2)cc1OC. The summed E-state index contributed by atoms with van der Waals surface area (Å²) in [5.74, 6) is 0.784. The molecule has 1 heterocycles. The molecule has 1 aliphatic heterocycles. The number of carbonyl (C=O) groups excluding carboxylic acids is 2. The maximum atomic E-state index is 14.1. The molecule has 0 radical (unpaired) electrons. The summed E-state index contributed by atoms with van der Waals surface area (Å²) in [5, 5.41) is 3.26. The monoisotopic (exact) mass is 498 g/mol. The first kappa shape index (κ1) is 25.1. The van der Waals surface area contributed by atoms with E-state index in [9.17, 15) is 14.0 Å². The van der Waals surface area contributed by atoms with Crippen LogP contribution >= 0.6 is 11.8 Å². The van der Waals surface area contributed by atoms with Gasteiger partial charge in [0.1, 0.15) is 5.82 Å². The zero-order valence-electron chi connectivity index (χ0n) is 20.3. The predicted molar refractivity (Wildman–Crippen MR) is 136 cm³/mol. The molecule has 186 valence electrons. The fourth-order valence-electron chi connectivity index (χ4n) is 4.78. The second-order valence-electron chi connectivity index (χ2n) is 8.91. The van der Waals surface area contributed by atoms with E-state index in [4.69, 9.17) is 9.47 Å². The standard InChI is InChI=1S/C27H31FN2O4S/c1-30-21-15-19(26(31)29-13-12-17-8-10-22(33-2)23(14-17)34-3)9-11-24(21)35-25(27(30)32)16-18-6-4-5-7-20(18)28/h4-8,10,14,16,19,21,24H,9,11-13,15H2,1-3H3,(H,29,31)/b25-16-. The van der Waals surface area contributed by atoms with E-state index in [0.29, 0.717) is 41.4 Å². The van der Waals surface area contributed by atoms with Gasteiger partial charge in [0.2, 0.25) is 5.91 Å². The van der Waals surface area contributed by atoms with E-state index in [2.05, 4.69) is 5.32 Å². The number of likely N-dealkylation sites (N-methyl/N-ethyl adjacent to an activating group) is 1. The Labute approximate surface area is 209 Å². The molecule has 2 aliphatic rings. The Morgan fingerprint density at radius 1 is 1.17 bits per heavy atom. The second kappa shape index (κ2) is 11.2. The largest absolute Gasteiger partial charge is 0.493 e. The van der Waals surface area contributed by atoms with Gasteiger partial charge in [0.15, 0.2) is 11.5 Å². The molecule has 0 aromatic heterocycles. The Bertz CT molecular complexity index is 1120. The Hall–Kier alpha value is -3.00. The number of thioether (sulfide) groups is 1. The highest BCUT2D eigenvalue weighted by molar-refractivity contribution is 8.04. The van der Waals surface area contributed by atoms with E-state index in [-0.39, 0.29) is 34.8 Å². The molecule has 8 heteroatoms. The van der Waals surface area contributed by atoms with Gasteiger partial charge in [-0.25, -0.2) is 4.39 Å². The number of nitrogens with one attached hydrogen (secondary N) is 1. The molecular formula is C27H31FN2O4S. The number of nitrogens with zero attached hydrogens (tertiary/aromatic N) is 1. The van der Waals surface area contributed by atoms with Crippen molar-refractivity contribution in [1.29, 1.82) is 0 Å². The molecule has 3 unspecified atom stereocenters. The van der Waals surface area contributed by atoms with Crippen molar-refractivity contribution in [2.24, 2.45) is 5.92 Å². The number of halogens is 1. The number of ether oxygens (including phenoxy) is 2. The molecule has 0 bridgehead atoms. The van der Waals surface area contributed by atoms with Gasteiger partial charge in [0, 0.05) is 36.4 Å². The Morgan fingerprint density at radius 3 is 2.69 bits per heavy atom. The van der Waals surface area contributed by atoms with Gasteiger partial charge in [-0.05, 0) is 55.5 Å². The van der Waals surface area contributed by atoms with Crippen LogP contribution in [0.4, 0.5) is 4.39 Å². The molecule has 2 fully saturated rings. The van der Waals surface area contributed by atoms with Crippen molar-refractivity contribution in [2.45, 2.75) is 37.0 Å². The number of hydrogen-bond donors (Lipinski definition) is 1. The molecule has 6 nitrogen and oxygen atoms in total. The normalized spacial score (nSPS) is 23.1. The smallest absolute Gasteiger partial charge is 0.260 e. The maximum absolute atomic E-state index is 14.1. The minimum Gasteiger partial charge on any atom is -0.493 e. The van der Waals surface area contributed by atoms with E-state index in [1.165, 1.54) is 17.8 Å². The molecule has 1 saturated carbocycles. The number of amides is 2. The average Bonchev–Trinajstić information content (AvgIpc) is 2.88. The minimum absolute atomic E-state index is 0.0133. The van der Waals surface area contributed by atoms with Crippen LogP contribution in [0, 0.1) is 11.7 Å². The van der Waals surface area contributed by atoms with E-state index in [1.807, 2.05) is 18.2 Å². The van der Waals surface area contributed by atoms with Crippen molar-refractivity contribution in [3.63, 3.8) is 0 Å². The lowest BCUT2D eigenvalue weighted by molar-refractivity contribution is -0.131. The van der Waals surface area contributed by atoms with Crippen molar-refractivity contribution in [3.05, 3.63) is 64.3 Å². The minimum atomic E-state index is -0.341. The van der Waals surface area contributed by atoms with Crippen molar-refractivity contribution < 1.29 is 23.5 Å². The van der Waals surface area contributed by atoms with E-state index >= 15 is 0 Å². The molecule has 2 aromatic rings. The number of benzene rings is 2.